The predicted molar refractivity (Wildman–Crippen MR) is 72.3 cm³/mol. The van der Waals surface area contributed by atoms with E-state index in [4.69, 9.17) is 0 Å². The van der Waals surface area contributed by atoms with Gasteiger partial charge in [-0.15, -0.1) is 0 Å². The van der Waals surface area contributed by atoms with Crippen molar-refractivity contribution >= 4 is 11.5 Å². The molecule has 1 aromatic heterocycles. The van der Waals surface area contributed by atoms with Crippen LogP contribution >= 0.6 is 0 Å². The molecular formula is C13H18N4O2. The normalized spacial score (nSPS) is 22.4. The monoisotopic (exact) mass is 262 g/mol. The van der Waals surface area contributed by atoms with E-state index >= 15 is 0 Å². The number of nitrogens with one attached hydrogen (secondary N) is 1. The van der Waals surface area contributed by atoms with Gasteiger partial charge >= 0.3 is 5.69 Å². The standard InChI is InChI=1S/C13H18N4O2/c18-17(19)12-4-2-8-15-13(12)16(11-5-6-11)9-10-3-1-7-14-10/h2,4,8,10-11,14H,1,3,5-7,9H2. The maximum absolute atomic E-state index is 11.1. The Morgan fingerprint density at radius 2 is 2.32 bits per heavy atom. The number of nitro groups is 1. The molecule has 6 nitrogen and oxygen atoms in total. The summed E-state index contributed by atoms with van der Waals surface area (Å²) in [6, 6.07) is 4.03. The molecule has 1 atom stereocenters. The number of hydrogen-bond donors (Lipinski definition) is 1. The van der Waals surface area contributed by atoms with Crippen LogP contribution in [-0.4, -0.2) is 35.1 Å². The molecule has 102 valence electrons. The summed E-state index contributed by atoms with van der Waals surface area (Å²) in [7, 11) is 0. The van der Waals surface area contributed by atoms with E-state index in [2.05, 4.69) is 15.2 Å². The Bertz CT molecular complexity index is 469. The van der Waals surface area contributed by atoms with Gasteiger partial charge < -0.3 is 10.2 Å². The molecule has 1 saturated heterocycles. The highest BCUT2D eigenvalue weighted by atomic mass is 16.6. The smallest absolute Gasteiger partial charge is 0.311 e. The fourth-order valence-electron chi connectivity index (χ4n) is 2.70. The quantitative estimate of drug-likeness (QED) is 0.646. The number of aromatic nitrogens is 1. The molecule has 6 heteroatoms. The third-order valence-electron chi connectivity index (χ3n) is 3.80. The summed E-state index contributed by atoms with van der Waals surface area (Å²) in [4.78, 5) is 17.2. The van der Waals surface area contributed by atoms with E-state index in [0.717, 1.165) is 32.4 Å². The van der Waals surface area contributed by atoms with Gasteiger partial charge in [-0.1, -0.05) is 0 Å². The SMILES string of the molecule is O=[N+]([O-])c1cccnc1N(CC1CCCN1)C1CC1. The topological polar surface area (TPSA) is 71.3 Å². The van der Waals surface area contributed by atoms with Crippen LogP contribution in [0.25, 0.3) is 0 Å². The van der Waals surface area contributed by atoms with Crippen LogP contribution < -0.4 is 10.2 Å². The zero-order valence-electron chi connectivity index (χ0n) is 10.8. The van der Waals surface area contributed by atoms with Gasteiger partial charge in [0.15, 0.2) is 0 Å². The molecule has 1 aliphatic carbocycles. The minimum Gasteiger partial charge on any atom is -0.346 e. The molecule has 0 radical (unpaired) electrons. The lowest BCUT2D eigenvalue weighted by molar-refractivity contribution is -0.384. The van der Waals surface area contributed by atoms with Crippen molar-refractivity contribution in [2.45, 2.75) is 37.8 Å². The fraction of sp³-hybridized carbons (Fsp3) is 0.615. The highest BCUT2D eigenvalue weighted by Gasteiger charge is 2.35. The van der Waals surface area contributed by atoms with Crippen LogP contribution in [0.3, 0.4) is 0 Å². The summed E-state index contributed by atoms with van der Waals surface area (Å²) >= 11 is 0. The Kier molecular flexibility index (Phi) is 3.33. The second kappa shape index (κ2) is 5.13. The van der Waals surface area contributed by atoms with Crippen molar-refractivity contribution in [3.63, 3.8) is 0 Å². The van der Waals surface area contributed by atoms with Gasteiger partial charge in [-0.05, 0) is 38.3 Å². The lowest BCUT2D eigenvalue weighted by atomic mass is 10.2. The second-order valence-corrected chi connectivity index (χ2v) is 5.28. The molecule has 2 aliphatic rings. The third-order valence-corrected chi connectivity index (χ3v) is 3.80. The summed E-state index contributed by atoms with van der Waals surface area (Å²) in [6.45, 7) is 1.87. The first kappa shape index (κ1) is 12.3. The zero-order chi connectivity index (χ0) is 13.2. The van der Waals surface area contributed by atoms with E-state index in [0.29, 0.717) is 17.9 Å². The van der Waals surface area contributed by atoms with Gasteiger partial charge in [0.05, 0.1) is 4.92 Å². The van der Waals surface area contributed by atoms with Crippen LogP contribution in [0.2, 0.25) is 0 Å². The maximum Gasteiger partial charge on any atom is 0.311 e. The number of hydrogen-bond acceptors (Lipinski definition) is 5. The minimum absolute atomic E-state index is 0.118. The number of rotatable bonds is 5. The Hall–Kier alpha value is -1.69. The van der Waals surface area contributed by atoms with E-state index in [1.54, 1.807) is 18.3 Å². The van der Waals surface area contributed by atoms with E-state index in [9.17, 15) is 10.1 Å². The van der Waals surface area contributed by atoms with Crippen molar-refractivity contribution < 1.29 is 4.92 Å². The highest BCUT2D eigenvalue weighted by Crippen LogP contribution is 2.35. The molecule has 2 fully saturated rings. The summed E-state index contributed by atoms with van der Waals surface area (Å²) in [6.07, 6.45) is 6.19. The molecule has 1 saturated carbocycles. The second-order valence-electron chi connectivity index (χ2n) is 5.28. The van der Waals surface area contributed by atoms with E-state index < -0.39 is 0 Å². The van der Waals surface area contributed by atoms with E-state index in [-0.39, 0.29) is 10.6 Å². The molecule has 0 spiro atoms. The molecule has 1 aromatic rings. The molecule has 0 bridgehead atoms. The molecule has 3 rings (SSSR count). The van der Waals surface area contributed by atoms with E-state index in [1.165, 1.54) is 6.42 Å². The number of pyridine rings is 1. The molecule has 1 aliphatic heterocycles. The van der Waals surface area contributed by atoms with Gasteiger partial charge in [-0.2, -0.15) is 0 Å². The van der Waals surface area contributed by atoms with Crippen molar-refractivity contribution in [2.75, 3.05) is 18.0 Å². The van der Waals surface area contributed by atoms with Crippen molar-refractivity contribution in [1.29, 1.82) is 0 Å². The number of anilines is 1. The van der Waals surface area contributed by atoms with Crippen LogP contribution in [-0.2, 0) is 0 Å². The molecule has 0 amide bonds. The van der Waals surface area contributed by atoms with Gasteiger partial charge in [0.25, 0.3) is 0 Å². The fourth-order valence-corrected chi connectivity index (χ4v) is 2.70. The summed E-state index contributed by atoms with van der Waals surface area (Å²) in [5, 5.41) is 14.6. The molecular weight excluding hydrogens is 244 g/mol. The first-order chi connectivity index (χ1) is 9.25. The van der Waals surface area contributed by atoms with Crippen LogP contribution in [0.15, 0.2) is 18.3 Å². The molecule has 19 heavy (non-hydrogen) atoms. The number of nitrogens with zero attached hydrogens (tertiary/aromatic N) is 3. The minimum atomic E-state index is -0.334. The van der Waals surface area contributed by atoms with Crippen molar-refractivity contribution in [1.82, 2.24) is 10.3 Å². The Balaban J connectivity index is 1.84. The maximum atomic E-state index is 11.1. The van der Waals surface area contributed by atoms with Crippen LogP contribution in [0.4, 0.5) is 11.5 Å². The molecule has 1 unspecified atom stereocenters. The van der Waals surface area contributed by atoms with Gasteiger partial charge in [-0.3, -0.25) is 10.1 Å². The van der Waals surface area contributed by atoms with Gasteiger partial charge in [0.2, 0.25) is 5.82 Å². The summed E-state index contributed by atoms with van der Waals surface area (Å²) in [5.74, 6) is 0.531. The average Bonchev–Trinajstić information content (AvgIpc) is 3.13. The first-order valence-corrected chi connectivity index (χ1v) is 6.85. The third kappa shape index (κ3) is 2.68. The Morgan fingerprint density at radius 3 is 2.95 bits per heavy atom. The lowest BCUT2D eigenvalue weighted by Gasteiger charge is -2.26. The lowest BCUT2D eigenvalue weighted by Crippen LogP contribution is -2.39. The van der Waals surface area contributed by atoms with Crippen molar-refractivity contribution in [3.8, 4) is 0 Å². The van der Waals surface area contributed by atoms with Crippen LogP contribution in [0.5, 0.6) is 0 Å². The van der Waals surface area contributed by atoms with Crippen molar-refractivity contribution in [3.05, 3.63) is 28.4 Å². The molecule has 1 N–H and O–H groups in total. The van der Waals surface area contributed by atoms with Crippen LogP contribution in [0, 0.1) is 10.1 Å². The van der Waals surface area contributed by atoms with Gasteiger partial charge in [0, 0.05) is 30.9 Å². The highest BCUT2D eigenvalue weighted by molar-refractivity contribution is 5.58. The summed E-state index contributed by atoms with van der Waals surface area (Å²) < 4.78 is 0. The largest absolute Gasteiger partial charge is 0.346 e. The Labute approximate surface area is 112 Å². The van der Waals surface area contributed by atoms with Gasteiger partial charge in [-0.25, -0.2) is 4.98 Å². The van der Waals surface area contributed by atoms with Crippen LogP contribution in [0.1, 0.15) is 25.7 Å². The van der Waals surface area contributed by atoms with Crippen molar-refractivity contribution in [2.24, 2.45) is 0 Å². The zero-order valence-corrected chi connectivity index (χ0v) is 10.8. The molecule has 0 aromatic carbocycles. The predicted octanol–water partition coefficient (Wildman–Crippen LogP) is 1.71. The van der Waals surface area contributed by atoms with E-state index in [1.807, 2.05) is 0 Å². The molecule has 2 heterocycles. The summed E-state index contributed by atoms with van der Waals surface area (Å²) in [5.41, 5.74) is 0.118. The first-order valence-electron chi connectivity index (χ1n) is 6.85. The van der Waals surface area contributed by atoms with Gasteiger partial charge in [0.1, 0.15) is 0 Å². The Morgan fingerprint density at radius 1 is 1.47 bits per heavy atom. The average molecular weight is 262 g/mol.